The van der Waals surface area contributed by atoms with Gasteiger partial charge in [-0.1, -0.05) is 18.2 Å². The van der Waals surface area contributed by atoms with Gasteiger partial charge in [-0.25, -0.2) is 19.9 Å². The number of ether oxygens (including phenoxy) is 2. The van der Waals surface area contributed by atoms with Crippen LogP contribution in [0.2, 0.25) is 0 Å². The standard InChI is InChI=1S/C27H30N8O3/c1-16-7-5-6-8-20(16)34(2)27(36)21-15-29-11-12-35(21)22-17(13-18(28)23(37-3)24(22)38-4)25-32-14-19-26(33-25)31-10-9-30-19/h5-10,13-14,21,29H,11-12,15,28H2,1-4H3. The second kappa shape index (κ2) is 10.5. The Balaban J connectivity index is 1.67. The Hall–Kier alpha value is -4.51. The summed E-state index contributed by atoms with van der Waals surface area (Å²) in [4.78, 5) is 35.5. The molecule has 1 atom stereocenters. The van der Waals surface area contributed by atoms with Gasteiger partial charge in [-0.2, -0.15) is 0 Å². The number of hydrogen-bond donors (Lipinski definition) is 2. The zero-order valence-electron chi connectivity index (χ0n) is 21.8. The van der Waals surface area contributed by atoms with Gasteiger partial charge in [0.2, 0.25) is 0 Å². The van der Waals surface area contributed by atoms with Crippen LogP contribution in [0.15, 0.2) is 48.9 Å². The first kappa shape index (κ1) is 25.2. The van der Waals surface area contributed by atoms with Gasteiger partial charge in [-0.05, 0) is 24.6 Å². The number of amides is 1. The van der Waals surface area contributed by atoms with Gasteiger partial charge in [-0.3, -0.25) is 4.79 Å². The maximum absolute atomic E-state index is 14.0. The van der Waals surface area contributed by atoms with E-state index in [0.29, 0.717) is 65.1 Å². The van der Waals surface area contributed by atoms with Crippen LogP contribution in [-0.2, 0) is 4.79 Å². The van der Waals surface area contributed by atoms with Crippen molar-refractivity contribution in [2.75, 3.05) is 56.4 Å². The second-order valence-electron chi connectivity index (χ2n) is 8.98. The monoisotopic (exact) mass is 514 g/mol. The third kappa shape index (κ3) is 4.41. The quantitative estimate of drug-likeness (QED) is 0.370. The number of nitrogens with zero attached hydrogens (tertiary/aromatic N) is 6. The van der Waals surface area contributed by atoms with Gasteiger partial charge in [0.25, 0.3) is 5.91 Å². The second-order valence-corrected chi connectivity index (χ2v) is 8.98. The van der Waals surface area contributed by atoms with E-state index in [2.05, 4.69) is 25.3 Å². The largest absolute Gasteiger partial charge is 0.491 e. The molecule has 196 valence electrons. The van der Waals surface area contributed by atoms with E-state index < -0.39 is 6.04 Å². The Morgan fingerprint density at radius 1 is 1.13 bits per heavy atom. The summed E-state index contributed by atoms with van der Waals surface area (Å²) >= 11 is 0. The molecule has 4 aromatic rings. The summed E-state index contributed by atoms with van der Waals surface area (Å²) in [6, 6.07) is 9.02. The lowest BCUT2D eigenvalue weighted by Gasteiger charge is -2.40. The third-order valence-electron chi connectivity index (χ3n) is 6.74. The minimum Gasteiger partial charge on any atom is -0.491 e. The van der Waals surface area contributed by atoms with Crippen molar-refractivity contribution in [3.05, 3.63) is 54.5 Å². The van der Waals surface area contributed by atoms with Crippen LogP contribution in [-0.4, -0.2) is 72.8 Å². The normalized spacial score (nSPS) is 15.4. The Bertz CT molecular complexity index is 1490. The number of methoxy groups -OCH3 is 2. The number of benzene rings is 2. The average molecular weight is 515 g/mol. The molecule has 1 aliphatic rings. The van der Waals surface area contributed by atoms with Crippen molar-refractivity contribution >= 4 is 34.1 Å². The average Bonchev–Trinajstić information content (AvgIpc) is 2.95. The number of aryl methyl sites for hydroxylation is 1. The number of para-hydroxylation sites is 1. The number of hydrogen-bond acceptors (Lipinski definition) is 10. The van der Waals surface area contributed by atoms with Crippen LogP contribution in [0, 0.1) is 6.92 Å². The Labute approximate surface area is 220 Å². The predicted octanol–water partition coefficient (Wildman–Crippen LogP) is 2.44. The zero-order valence-corrected chi connectivity index (χ0v) is 21.8. The van der Waals surface area contributed by atoms with E-state index in [1.807, 2.05) is 36.1 Å². The molecule has 1 aliphatic heterocycles. The van der Waals surface area contributed by atoms with Crippen molar-refractivity contribution in [1.29, 1.82) is 0 Å². The van der Waals surface area contributed by atoms with Gasteiger partial charge in [0, 0.05) is 50.3 Å². The molecule has 11 nitrogen and oxygen atoms in total. The number of nitrogens with two attached hydrogens (primary N) is 1. The van der Waals surface area contributed by atoms with E-state index in [1.54, 1.807) is 43.7 Å². The molecule has 1 fully saturated rings. The van der Waals surface area contributed by atoms with Crippen LogP contribution in [0.1, 0.15) is 5.56 Å². The number of anilines is 3. The Morgan fingerprint density at radius 2 is 1.89 bits per heavy atom. The molecule has 3 N–H and O–H groups in total. The van der Waals surface area contributed by atoms with Crippen LogP contribution in [0.4, 0.5) is 17.1 Å². The van der Waals surface area contributed by atoms with E-state index in [9.17, 15) is 4.79 Å². The molecule has 0 radical (unpaired) electrons. The van der Waals surface area contributed by atoms with Crippen molar-refractivity contribution in [3.63, 3.8) is 0 Å². The first-order chi connectivity index (χ1) is 18.4. The molecule has 1 amide bonds. The summed E-state index contributed by atoms with van der Waals surface area (Å²) in [5.74, 6) is 1.10. The van der Waals surface area contributed by atoms with Gasteiger partial charge in [0.05, 0.1) is 31.8 Å². The topological polar surface area (TPSA) is 132 Å². The molecule has 2 aromatic carbocycles. The number of piperazine rings is 1. The summed E-state index contributed by atoms with van der Waals surface area (Å²) in [7, 11) is 4.88. The lowest BCUT2D eigenvalue weighted by atomic mass is 10.0. The van der Waals surface area contributed by atoms with Crippen molar-refractivity contribution in [3.8, 4) is 22.9 Å². The highest BCUT2D eigenvalue weighted by Gasteiger charge is 2.36. The fraction of sp³-hybridized carbons (Fsp3) is 0.296. The van der Waals surface area contributed by atoms with E-state index in [1.165, 1.54) is 7.11 Å². The first-order valence-electron chi connectivity index (χ1n) is 12.2. The van der Waals surface area contributed by atoms with Gasteiger partial charge in [0.15, 0.2) is 23.0 Å². The molecular formula is C27H30N8O3. The van der Waals surface area contributed by atoms with E-state index in [-0.39, 0.29) is 5.91 Å². The number of fused-ring (bicyclic) bond motifs is 1. The van der Waals surface area contributed by atoms with Crippen molar-refractivity contribution in [1.82, 2.24) is 25.3 Å². The van der Waals surface area contributed by atoms with Crippen LogP contribution in [0.25, 0.3) is 22.6 Å². The van der Waals surface area contributed by atoms with Crippen LogP contribution >= 0.6 is 0 Å². The summed E-state index contributed by atoms with van der Waals surface area (Å²) < 4.78 is 11.5. The maximum atomic E-state index is 14.0. The van der Waals surface area contributed by atoms with Gasteiger partial charge in [0.1, 0.15) is 11.6 Å². The molecule has 2 aromatic heterocycles. The third-order valence-corrected chi connectivity index (χ3v) is 6.74. The molecule has 1 unspecified atom stereocenters. The van der Waals surface area contributed by atoms with Crippen LogP contribution in [0.5, 0.6) is 11.5 Å². The van der Waals surface area contributed by atoms with E-state index in [0.717, 1.165) is 11.3 Å². The number of rotatable bonds is 6. The van der Waals surface area contributed by atoms with Crippen molar-refractivity contribution in [2.45, 2.75) is 13.0 Å². The summed E-state index contributed by atoms with van der Waals surface area (Å²) in [6.07, 6.45) is 4.79. The summed E-state index contributed by atoms with van der Waals surface area (Å²) in [5, 5.41) is 3.36. The molecule has 0 aliphatic carbocycles. The number of likely N-dealkylation sites (N-methyl/N-ethyl adjacent to an activating group) is 1. The van der Waals surface area contributed by atoms with E-state index >= 15 is 0 Å². The maximum Gasteiger partial charge on any atom is 0.250 e. The smallest absolute Gasteiger partial charge is 0.250 e. The summed E-state index contributed by atoms with van der Waals surface area (Å²) in [5.41, 5.74) is 10.9. The molecule has 0 saturated carbocycles. The lowest BCUT2D eigenvalue weighted by Crippen LogP contribution is -2.58. The highest BCUT2D eigenvalue weighted by atomic mass is 16.5. The molecule has 5 rings (SSSR count). The van der Waals surface area contributed by atoms with Crippen LogP contribution < -0.4 is 30.3 Å². The number of nitrogen functional groups attached to an aromatic ring is 1. The lowest BCUT2D eigenvalue weighted by molar-refractivity contribution is -0.119. The molecular weight excluding hydrogens is 484 g/mol. The van der Waals surface area contributed by atoms with Crippen LogP contribution in [0.3, 0.4) is 0 Å². The highest BCUT2D eigenvalue weighted by Crippen LogP contribution is 2.48. The molecule has 11 heteroatoms. The number of carbonyl (C=O) groups excluding carboxylic acids is 1. The number of nitrogens with one attached hydrogen (secondary N) is 1. The molecule has 38 heavy (non-hydrogen) atoms. The summed E-state index contributed by atoms with van der Waals surface area (Å²) in [6.45, 7) is 3.62. The van der Waals surface area contributed by atoms with Gasteiger partial charge < -0.3 is 30.3 Å². The number of carbonyl (C=O) groups is 1. The minimum atomic E-state index is -0.547. The zero-order chi connectivity index (χ0) is 26.8. The first-order valence-corrected chi connectivity index (χ1v) is 12.2. The van der Waals surface area contributed by atoms with Gasteiger partial charge >= 0.3 is 0 Å². The highest BCUT2D eigenvalue weighted by molar-refractivity contribution is 6.01. The van der Waals surface area contributed by atoms with Gasteiger partial charge in [-0.15, -0.1) is 0 Å². The minimum absolute atomic E-state index is 0.0689. The molecule has 3 heterocycles. The van der Waals surface area contributed by atoms with Crippen molar-refractivity contribution in [2.24, 2.45) is 0 Å². The SMILES string of the molecule is COc1c(N)cc(-c2ncc3nccnc3n2)c(N2CCNCC2C(=O)N(C)c2ccccc2C)c1OC. The van der Waals surface area contributed by atoms with E-state index in [4.69, 9.17) is 15.2 Å². The van der Waals surface area contributed by atoms with Crippen molar-refractivity contribution < 1.29 is 14.3 Å². The number of aromatic nitrogens is 4. The predicted molar refractivity (Wildman–Crippen MR) is 147 cm³/mol. The Kier molecular flexibility index (Phi) is 6.93. The molecule has 0 bridgehead atoms. The Morgan fingerprint density at radius 3 is 2.66 bits per heavy atom. The molecule has 1 saturated heterocycles. The fourth-order valence-electron chi connectivity index (χ4n) is 4.88. The molecule has 0 spiro atoms. The fourth-order valence-corrected chi connectivity index (χ4v) is 4.88.